The maximum Gasteiger partial charge on any atom is 0.287 e. The van der Waals surface area contributed by atoms with Gasteiger partial charge < -0.3 is 24.0 Å². The second-order valence-corrected chi connectivity index (χ2v) is 10.6. The summed E-state index contributed by atoms with van der Waals surface area (Å²) in [6.45, 7) is 3.50. The Balaban J connectivity index is 1.37. The number of hydrogen-bond donors (Lipinski definition) is 0. The van der Waals surface area contributed by atoms with E-state index in [1.165, 1.54) is 16.4 Å². The molecule has 10 heteroatoms. The van der Waals surface area contributed by atoms with Crippen LogP contribution in [0.25, 0.3) is 5.69 Å². The van der Waals surface area contributed by atoms with Crippen molar-refractivity contribution in [1.29, 1.82) is 0 Å². The number of para-hydroxylation sites is 3. The fourth-order valence-corrected chi connectivity index (χ4v) is 5.71. The van der Waals surface area contributed by atoms with E-state index in [1.54, 1.807) is 37.4 Å². The third-order valence-corrected chi connectivity index (χ3v) is 8.00. The molecule has 41 heavy (non-hydrogen) atoms. The molecule has 1 aliphatic heterocycles. The Morgan fingerprint density at radius 2 is 1.63 bits per heavy atom. The molecule has 0 spiro atoms. The first-order chi connectivity index (χ1) is 20.0. The average Bonchev–Trinajstić information content (AvgIpc) is 3.01. The largest absolute Gasteiger partial charge is 0.497 e. The second kappa shape index (κ2) is 12.8. The van der Waals surface area contributed by atoms with Crippen LogP contribution < -0.4 is 24.7 Å². The van der Waals surface area contributed by atoms with Gasteiger partial charge in [-0.2, -0.15) is 9.78 Å². The quantitative estimate of drug-likeness (QED) is 0.290. The normalized spacial score (nSPS) is 15.0. The number of carbonyl (C=O) groups is 1. The van der Waals surface area contributed by atoms with Crippen molar-refractivity contribution in [3.63, 3.8) is 0 Å². The smallest absolute Gasteiger partial charge is 0.287 e. The lowest BCUT2D eigenvalue weighted by Gasteiger charge is -2.41. The molecule has 1 fully saturated rings. The van der Waals surface area contributed by atoms with Gasteiger partial charge in [0, 0.05) is 30.6 Å². The van der Waals surface area contributed by atoms with Gasteiger partial charge in [-0.25, -0.2) is 0 Å². The number of aromatic nitrogens is 2. The molecule has 212 valence electrons. The van der Waals surface area contributed by atoms with Crippen molar-refractivity contribution in [2.45, 2.75) is 22.8 Å². The highest BCUT2D eigenvalue weighted by Crippen LogP contribution is 2.35. The van der Waals surface area contributed by atoms with Crippen LogP contribution in [0.4, 0.5) is 5.69 Å². The van der Waals surface area contributed by atoms with E-state index in [2.05, 4.69) is 10.00 Å². The molecule has 2 heterocycles. The summed E-state index contributed by atoms with van der Waals surface area (Å²) < 4.78 is 17.8. The van der Waals surface area contributed by atoms with Crippen molar-refractivity contribution < 1.29 is 19.0 Å². The number of methoxy groups -OCH3 is 2. The molecule has 1 atom stereocenters. The van der Waals surface area contributed by atoms with Crippen LogP contribution in [0, 0.1) is 0 Å². The summed E-state index contributed by atoms with van der Waals surface area (Å²) in [4.78, 5) is 32.3. The lowest BCUT2D eigenvalue weighted by atomic mass is 10.1. The van der Waals surface area contributed by atoms with Crippen LogP contribution in [0.1, 0.15) is 6.92 Å². The Bertz CT molecular complexity index is 1540. The highest BCUT2D eigenvalue weighted by atomic mass is 32.2. The number of anilines is 1. The van der Waals surface area contributed by atoms with Gasteiger partial charge in [-0.3, -0.25) is 9.59 Å². The predicted octanol–water partition coefficient (Wildman–Crippen LogP) is 4.52. The number of amides is 1. The van der Waals surface area contributed by atoms with E-state index in [9.17, 15) is 9.59 Å². The lowest BCUT2D eigenvalue weighted by molar-refractivity contribution is -0.134. The number of hydrogen-bond acceptors (Lipinski definition) is 8. The zero-order chi connectivity index (χ0) is 28.8. The summed E-state index contributed by atoms with van der Waals surface area (Å²) in [6.07, 6.45) is 1.75. The zero-order valence-corrected chi connectivity index (χ0v) is 24.0. The van der Waals surface area contributed by atoms with Crippen molar-refractivity contribution >= 4 is 23.4 Å². The Morgan fingerprint density at radius 1 is 0.927 bits per heavy atom. The minimum absolute atomic E-state index is 0.0528. The molecule has 0 N–H and O–H groups in total. The summed E-state index contributed by atoms with van der Waals surface area (Å²) >= 11 is 1.40. The molecule has 0 bridgehead atoms. The SMILES string of the molecule is COc1ccc(Sc2c(N3CCN(C(=O)COc4ccccc4OC)CC3C)cnn(-c3ccccc3)c2=O)cc1. The van der Waals surface area contributed by atoms with Gasteiger partial charge >= 0.3 is 0 Å². The van der Waals surface area contributed by atoms with E-state index in [4.69, 9.17) is 14.2 Å². The molecule has 1 amide bonds. The number of piperazine rings is 1. The number of nitrogens with zero attached hydrogens (tertiary/aromatic N) is 4. The fraction of sp³-hybridized carbons (Fsp3) is 0.258. The molecule has 9 nitrogen and oxygen atoms in total. The van der Waals surface area contributed by atoms with Crippen molar-refractivity contribution in [2.24, 2.45) is 0 Å². The van der Waals surface area contributed by atoms with Crippen molar-refractivity contribution in [1.82, 2.24) is 14.7 Å². The zero-order valence-electron chi connectivity index (χ0n) is 23.2. The highest BCUT2D eigenvalue weighted by molar-refractivity contribution is 7.99. The van der Waals surface area contributed by atoms with Gasteiger partial charge in [0.1, 0.15) is 10.6 Å². The third kappa shape index (κ3) is 6.33. The lowest BCUT2D eigenvalue weighted by Crippen LogP contribution is -2.55. The maximum absolute atomic E-state index is 13.8. The molecule has 0 aliphatic carbocycles. The first-order valence-electron chi connectivity index (χ1n) is 13.3. The van der Waals surface area contributed by atoms with Crippen molar-refractivity contribution in [3.05, 3.63) is 95.4 Å². The third-order valence-electron chi connectivity index (χ3n) is 6.90. The van der Waals surface area contributed by atoms with Crippen LogP contribution in [0.15, 0.2) is 99.6 Å². The summed E-state index contributed by atoms with van der Waals surface area (Å²) in [5.74, 6) is 1.75. The van der Waals surface area contributed by atoms with Crippen LogP contribution in [0.3, 0.4) is 0 Å². The van der Waals surface area contributed by atoms with Gasteiger partial charge in [0.15, 0.2) is 18.1 Å². The van der Waals surface area contributed by atoms with Crippen LogP contribution >= 0.6 is 11.8 Å². The van der Waals surface area contributed by atoms with Crippen molar-refractivity contribution in [2.75, 3.05) is 45.4 Å². The van der Waals surface area contributed by atoms with Gasteiger partial charge in [-0.1, -0.05) is 42.1 Å². The van der Waals surface area contributed by atoms with Gasteiger partial charge in [0.05, 0.1) is 31.8 Å². The standard InChI is InChI=1S/C31H32N4O5S/c1-22-20-33(29(36)21-40-28-12-8-7-11-27(28)39-3)17-18-34(22)26-19-32-35(23-9-5-4-6-10-23)31(37)30(26)41-25-15-13-24(38-2)14-16-25/h4-16,19,22H,17-18,20-21H2,1-3H3. The Kier molecular flexibility index (Phi) is 8.79. The molecule has 1 saturated heterocycles. The average molecular weight is 573 g/mol. The van der Waals surface area contributed by atoms with E-state index >= 15 is 0 Å². The molecule has 0 radical (unpaired) electrons. The van der Waals surface area contributed by atoms with Gasteiger partial charge in [-0.15, -0.1) is 0 Å². The van der Waals surface area contributed by atoms with Gasteiger partial charge in [0.2, 0.25) is 0 Å². The molecule has 0 saturated carbocycles. The number of benzene rings is 3. The molecule has 1 aliphatic rings. The Morgan fingerprint density at radius 3 is 2.32 bits per heavy atom. The van der Waals surface area contributed by atoms with E-state index in [-0.39, 0.29) is 24.1 Å². The molecular formula is C31H32N4O5S. The summed E-state index contributed by atoms with van der Waals surface area (Å²) in [7, 11) is 3.19. The summed E-state index contributed by atoms with van der Waals surface area (Å²) in [6, 6.07) is 24.2. The monoisotopic (exact) mass is 572 g/mol. The number of ether oxygens (including phenoxy) is 3. The molecule has 5 rings (SSSR count). The number of rotatable bonds is 9. The van der Waals surface area contributed by atoms with Crippen LogP contribution in [0.2, 0.25) is 0 Å². The molecule has 3 aromatic carbocycles. The molecular weight excluding hydrogens is 540 g/mol. The fourth-order valence-electron chi connectivity index (χ4n) is 4.76. The van der Waals surface area contributed by atoms with Gasteiger partial charge in [0.25, 0.3) is 11.5 Å². The van der Waals surface area contributed by atoms with Crippen LogP contribution in [-0.4, -0.2) is 67.1 Å². The Hall–Kier alpha value is -4.44. The highest BCUT2D eigenvalue weighted by Gasteiger charge is 2.30. The topological polar surface area (TPSA) is 86.1 Å². The van der Waals surface area contributed by atoms with E-state index in [0.29, 0.717) is 41.7 Å². The van der Waals surface area contributed by atoms with E-state index in [0.717, 1.165) is 16.3 Å². The maximum atomic E-state index is 13.8. The summed E-state index contributed by atoms with van der Waals surface area (Å²) in [5.41, 5.74) is 1.23. The number of carbonyl (C=O) groups excluding carboxylic acids is 1. The predicted molar refractivity (Wildman–Crippen MR) is 159 cm³/mol. The molecule has 4 aromatic rings. The molecule has 1 unspecified atom stereocenters. The molecule has 1 aromatic heterocycles. The van der Waals surface area contributed by atoms with Gasteiger partial charge in [-0.05, 0) is 55.5 Å². The van der Waals surface area contributed by atoms with Crippen molar-refractivity contribution in [3.8, 4) is 22.9 Å². The minimum Gasteiger partial charge on any atom is -0.497 e. The minimum atomic E-state index is -0.203. The Labute approximate surface area is 243 Å². The van der Waals surface area contributed by atoms with E-state index in [1.807, 2.05) is 73.7 Å². The first-order valence-corrected chi connectivity index (χ1v) is 14.1. The van der Waals surface area contributed by atoms with E-state index < -0.39 is 0 Å². The second-order valence-electron chi connectivity index (χ2n) is 9.51. The summed E-state index contributed by atoms with van der Waals surface area (Å²) in [5, 5.41) is 4.54. The van der Waals surface area contributed by atoms with Crippen LogP contribution in [0.5, 0.6) is 17.2 Å². The van der Waals surface area contributed by atoms with Crippen LogP contribution in [-0.2, 0) is 4.79 Å². The first kappa shape index (κ1) is 28.1.